The molecule has 2 heterocycles. The Kier molecular flexibility index (Phi) is 2.83. The first kappa shape index (κ1) is 12.9. The van der Waals surface area contributed by atoms with Crippen LogP contribution in [0.25, 0.3) is 11.0 Å². The van der Waals surface area contributed by atoms with Crippen LogP contribution in [0.15, 0.2) is 57.6 Å². The maximum Gasteiger partial charge on any atom is 0.251 e. The van der Waals surface area contributed by atoms with Gasteiger partial charge in [0.1, 0.15) is 0 Å². The number of nitrogens with one attached hydrogen (secondary N) is 1. The second-order valence-corrected chi connectivity index (χ2v) is 7.04. The van der Waals surface area contributed by atoms with Gasteiger partial charge in [-0.2, -0.15) is 0 Å². The summed E-state index contributed by atoms with van der Waals surface area (Å²) in [6.07, 6.45) is 0. The molecule has 4 nitrogen and oxygen atoms in total. The largest absolute Gasteiger partial charge is 0.333 e. The minimum atomic E-state index is -0.857. The highest BCUT2D eigenvalue weighted by molar-refractivity contribution is 8.11. The van der Waals surface area contributed by atoms with E-state index in [9.17, 15) is 0 Å². The molecule has 104 valence electrons. The monoisotopic (exact) mass is 312 g/mol. The number of fused-ring (bicyclic) bond motifs is 2. The first-order valence-electron chi connectivity index (χ1n) is 6.54. The molecule has 1 aliphatic rings. The Hall–Kier alpha value is -1.79. The van der Waals surface area contributed by atoms with Crippen LogP contribution in [0.2, 0.25) is 0 Å². The molecule has 0 saturated heterocycles. The Morgan fingerprint density at radius 2 is 1.90 bits per heavy atom. The fourth-order valence-corrected chi connectivity index (χ4v) is 3.64. The van der Waals surface area contributed by atoms with E-state index in [1.54, 1.807) is 0 Å². The zero-order valence-corrected chi connectivity index (χ0v) is 12.9. The molecular formula is C15H12N4S2. The summed E-state index contributed by atoms with van der Waals surface area (Å²) in [5.41, 5.74) is 3.10. The van der Waals surface area contributed by atoms with E-state index in [0.717, 1.165) is 26.9 Å². The first-order valence-corrected chi connectivity index (χ1v) is 7.80. The summed E-state index contributed by atoms with van der Waals surface area (Å²) in [6.45, 7) is 2.04. The van der Waals surface area contributed by atoms with Crippen molar-refractivity contribution >= 4 is 35.4 Å². The van der Waals surface area contributed by atoms with Crippen molar-refractivity contribution in [2.75, 3.05) is 0 Å². The highest BCUT2D eigenvalue weighted by atomic mass is 32.2. The third kappa shape index (κ3) is 2.34. The summed E-state index contributed by atoms with van der Waals surface area (Å²) in [5, 5.41) is 2.52. The molecule has 0 bridgehead atoms. The number of aromatic amines is 1. The van der Waals surface area contributed by atoms with Gasteiger partial charge in [0, 0.05) is 0 Å². The minimum Gasteiger partial charge on any atom is -0.333 e. The molecule has 1 unspecified atom stereocenters. The van der Waals surface area contributed by atoms with Crippen molar-refractivity contribution < 1.29 is 0 Å². The normalized spacial score (nSPS) is 20.1. The van der Waals surface area contributed by atoms with E-state index < -0.39 is 4.33 Å². The van der Waals surface area contributed by atoms with Crippen LogP contribution < -0.4 is 10.7 Å². The second kappa shape index (κ2) is 4.61. The summed E-state index contributed by atoms with van der Waals surface area (Å²) in [6, 6.07) is 14.0. The average molecular weight is 312 g/mol. The molecule has 0 spiro atoms. The predicted octanol–water partition coefficient (Wildman–Crippen LogP) is 2.46. The number of H-pyrrole nitrogens is 1. The summed E-state index contributed by atoms with van der Waals surface area (Å²) in [4.78, 5) is 17.0. The first-order chi connectivity index (χ1) is 10.1. The zero-order chi connectivity index (χ0) is 14.4. The molecule has 1 aromatic heterocycles. The van der Waals surface area contributed by atoms with Gasteiger partial charge >= 0.3 is 0 Å². The molecule has 4 rings (SSSR count). The number of rotatable bonds is 2. The van der Waals surface area contributed by atoms with Crippen LogP contribution >= 0.6 is 24.4 Å². The third-order valence-electron chi connectivity index (χ3n) is 3.26. The molecule has 6 heteroatoms. The Bertz CT molecular complexity index is 930. The lowest BCUT2D eigenvalue weighted by Gasteiger charge is -2.12. The van der Waals surface area contributed by atoms with E-state index in [1.807, 2.05) is 49.4 Å². The smallest absolute Gasteiger partial charge is 0.251 e. The maximum absolute atomic E-state index is 4.62. The summed E-state index contributed by atoms with van der Waals surface area (Å²) in [7, 11) is 0. The summed E-state index contributed by atoms with van der Waals surface area (Å²) >= 11 is 6.03. The molecular weight excluding hydrogens is 300 g/mol. The Morgan fingerprint density at radius 1 is 1.10 bits per heavy atom. The Morgan fingerprint density at radius 3 is 2.76 bits per heavy atom. The summed E-state index contributed by atoms with van der Waals surface area (Å²) in [5.74, 6) is 0. The molecule has 0 fully saturated rings. The lowest BCUT2D eigenvalue weighted by molar-refractivity contribution is 0.900. The third-order valence-corrected chi connectivity index (χ3v) is 4.58. The Labute approximate surface area is 130 Å². The van der Waals surface area contributed by atoms with Gasteiger partial charge in [-0.3, -0.25) is 0 Å². The van der Waals surface area contributed by atoms with Gasteiger partial charge in [0.05, 0.1) is 21.7 Å². The quantitative estimate of drug-likeness (QED) is 0.564. The average Bonchev–Trinajstić information content (AvgIpc) is 2.97. The molecule has 1 aliphatic heterocycles. The van der Waals surface area contributed by atoms with E-state index in [0.29, 0.717) is 0 Å². The highest BCUT2D eigenvalue weighted by Crippen LogP contribution is 2.38. The van der Waals surface area contributed by atoms with E-state index in [4.69, 9.17) is 0 Å². The molecule has 3 aromatic rings. The van der Waals surface area contributed by atoms with Crippen molar-refractivity contribution in [3.05, 3.63) is 58.7 Å². The maximum atomic E-state index is 4.62. The number of imidazole rings is 1. The van der Waals surface area contributed by atoms with Gasteiger partial charge in [0.15, 0.2) is 5.16 Å². The number of thiol groups is 1. The molecule has 0 saturated carbocycles. The number of hydrogen-bond donors (Lipinski definition) is 2. The van der Waals surface area contributed by atoms with Crippen LogP contribution in [0.5, 0.6) is 0 Å². The van der Waals surface area contributed by atoms with Crippen molar-refractivity contribution in [3.63, 3.8) is 0 Å². The molecule has 0 aliphatic carbocycles. The number of thioether (sulfide) groups is 1. The minimum absolute atomic E-state index is 0.767. The molecule has 1 atom stereocenters. The van der Waals surface area contributed by atoms with Crippen LogP contribution in [0.1, 0.15) is 5.56 Å². The molecule has 0 radical (unpaired) electrons. The predicted molar refractivity (Wildman–Crippen MR) is 87.2 cm³/mol. The van der Waals surface area contributed by atoms with Crippen molar-refractivity contribution in [1.29, 1.82) is 0 Å². The second-order valence-electron chi connectivity index (χ2n) is 4.95. The molecule has 2 aromatic carbocycles. The van der Waals surface area contributed by atoms with Crippen LogP contribution in [0.3, 0.4) is 0 Å². The van der Waals surface area contributed by atoms with E-state index in [2.05, 4.69) is 32.6 Å². The van der Waals surface area contributed by atoms with Crippen molar-refractivity contribution in [1.82, 2.24) is 9.97 Å². The standard InChI is InChI=1S/C15H12N4S2/c1-9-6-7-12-13(8-9)19-15(20,18-12)21-14-16-10-4-2-3-5-11(10)17-14/h2-8,20H,1H3,(H,16,17). The van der Waals surface area contributed by atoms with Crippen LogP contribution in [-0.2, 0) is 0 Å². The number of nitrogens with zero attached hydrogens (tertiary/aromatic N) is 3. The molecule has 1 N–H and O–H groups in total. The van der Waals surface area contributed by atoms with Crippen molar-refractivity contribution in [3.8, 4) is 0 Å². The van der Waals surface area contributed by atoms with E-state index in [1.165, 1.54) is 17.3 Å². The van der Waals surface area contributed by atoms with Crippen LogP contribution in [0, 0.1) is 6.92 Å². The SMILES string of the molecule is Cc1ccc2c(c1)=NC(S)(Sc1nc3ccccc3[nH]1)N=2. The van der Waals surface area contributed by atoms with Gasteiger partial charge in [-0.1, -0.05) is 18.2 Å². The molecule has 0 amide bonds. The van der Waals surface area contributed by atoms with E-state index in [-0.39, 0.29) is 0 Å². The number of aryl methyl sites for hydroxylation is 1. The van der Waals surface area contributed by atoms with E-state index >= 15 is 0 Å². The van der Waals surface area contributed by atoms with Gasteiger partial charge < -0.3 is 4.98 Å². The molecule has 21 heavy (non-hydrogen) atoms. The highest BCUT2D eigenvalue weighted by Gasteiger charge is 2.29. The number of hydrogen-bond acceptors (Lipinski definition) is 5. The zero-order valence-electron chi connectivity index (χ0n) is 11.2. The van der Waals surface area contributed by atoms with Crippen LogP contribution in [0.4, 0.5) is 0 Å². The van der Waals surface area contributed by atoms with Gasteiger partial charge in [-0.15, -0.1) is 12.6 Å². The lowest BCUT2D eigenvalue weighted by Crippen LogP contribution is -2.20. The lowest BCUT2D eigenvalue weighted by atomic mass is 10.2. The fourth-order valence-electron chi connectivity index (χ4n) is 2.31. The fraction of sp³-hybridized carbons (Fsp3) is 0.133. The van der Waals surface area contributed by atoms with Gasteiger partial charge in [0.2, 0.25) is 0 Å². The van der Waals surface area contributed by atoms with Crippen molar-refractivity contribution in [2.24, 2.45) is 9.98 Å². The van der Waals surface area contributed by atoms with Gasteiger partial charge in [-0.05, 0) is 48.5 Å². The number of para-hydroxylation sites is 2. The summed E-state index contributed by atoms with van der Waals surface area (Å²) < 4.78 is -0.857. The van der Waals surface area contributed by atoms with Crippen LogP contribution in [-0.4, -0.2) is 14.3 Å². The Balaban J connectivity index is 1.74. The van der Waals surface area contributed by atoms with Gasteiger partial charge in [0.25, 0.3) is 4.33 Å². The topological polar surface area (TPSA) is 53.4 Å². The van der Waals surface area contributed by atoms with Crippen molar-refractivity contribution in [2.45, 2.75) is 16.4 Å². The van der Waals surface area contributed by atoms with Gasteiger partial charge in [-0.25, -0.2) is 15.0 Å². The number of benzene rings is 2. The number of aromatic nitrogens is 2.